The molecule has 0 aliphatic carbocycles. The molecule has 50 heavy (non-hydrogen) atoms. The fraction of sp³-hybridized carbons (Fsp3) is 0.410. The van der Waals surface area contributed by atoms with Crippen LogP contribution in [0.1, 0.15) is 93.0 Å². The molecule has 2 amide bonds. The third-order valence-electron chi connectivity index (χ3n) is 7.95. The number of rotatable bonds is 9. The van der Waals surface area contributed by atoms with Gasteiger partial charge in [0.1, 0.15) is 22.9 Å². The van der Waals surface area contributed by atoms with Crippen LogP contribution in [-0.4, -0.2) is 48.3 Å². The molecule has 264 valence electrons. The summed E-state index contributed by atoms with van der Waals surface area (Å²) in [5, 5.41) is 6.90. The van der Waals surface area contributed by atoms with Crippen LogP contribution in [0, 0.1) is 11.8 Å². The van der Waals surface area contributed by atoms with Crippen LogP contribution in [0.3, 0.4) is 0 Å². The van der Waals surface area contributed by atoms with E-state index in [1.807, 2.05) is 81.4 Å². The van der Waals surface area contributed by atoms with E-state index in [0.717, 1.165) is 44.7 Å². The summed E-state index contributed by atoms with van der Waals surface area (Å²) in [7, 11) is 0. The molecule has 4 N–H and O–H groups in total. The van der Waals surface area contributed by atoms with E-state index in [1.165, 1.54) is 0 Å². The molecule has 2 aromatic carbocycles. The summed E-state index contributed by atoms with van der Waals surface area (Å²) in [6.07, 6.45) is 2.58. The summed E-state index contributed by atoms with van der Waals surface area (Å²) < 4.78 is 10.9. The van der Waals surface area contributed by atoms with Gasteiger partial charge in [0.2, 0.25) is 0 Å². The summed E-state index contributed by atoms with van der Waals surface area (Å²) in [6.45, 7) is 19.1. The minimum atomic E-state index is -0.592. The van der Waals surface area contributed by atoms with Crippen LogP contribution in [0.25, 0.3) is 44.7 Å². The number of pyridine rings is 1. The summed E-state index contributed by atoms with van der Waals surface area (Å²) >= 11 is 0. The Hall–Kier alpha value is -5.19. The number of alkyl carbamates (subject to hydrolysis) is 2. The Labute approximate surface area is 294 Å². The Bertz CT molecular complexity index is 1950. The van der Waals surface area contributed by atoms with Crippen molar-refractivity contribution in [2.75, 3.05) is 0 Å². The van der Waals surface area contributed by atoms with Crippen LogP contribution in [0.4, 0.5) is 9.59 Å². The Morgan fingerprint density at radius 3 is 1.64 bits per heavy atom. The monoisotopic (exact) mass is 679 g/mol. The van der Waals surface area contributed by atoms with Gasteiger partial charge in [0.05, 0.1) is 47.1 Å². The third kappa shape index (κ3) is 9.07. The standard InChI is InChI=1S/C39H49N7O4/c1-22(2)32(45-36(47)49-38(5,6)7)34-40-20-30(43-34)25-13-11-24(12-14-25)26-15-17-28-27(19-26)16-18-29(42-28)31-21-41-35(44-31)33(23(3)4)46-37(48)50-39(8,9)10/h11-23,32-33H,1-10H3,(H,40,43)(H,41,44)(H,45,47)(H,46,48)/t32-,33-/m0/s1. The lowest BCUT2D eigenvalue weighted by atomic mass is 10.0. The third-order valence-corrected chi connectivity index (χ3v) is 7.95. The number of fused-ring (bicyclic) bond motifs is 1. The van der Waals surface area contributed by atoms with Crippen LogP contribution < -0.4 is 10.6 Å². The lowest BCUT2D eigenvalue weighted by molar-refractivity contribution is 0.0475. The molecule has 3 heterocycles. The molecule has 0 radical (unpaired) electrons. The first-order chi connectivity index (χ1) is 23.5. The second-order valence-corrected chi connectivity index (χ2v) is 15.3. The summed E-state index contributed by atoms with van der Waals surface area (Å²) in [5.41, 5.74) is 5.19. The fourth-order valence-corrected chi connectivity index (χ4v) is 5.53. The maximum absolute atomic E-state index is 12.5. The number of nitrogens with zero attached hydrogens (tertiary/aromatic N) is 3. The molecule has 0 saturated carbocycles. The normalized spacial score (nSPS) is 13.4. The predicted molar refractivity (Wildman–Crippen MR) is 196 cm³/mol. The van der Waals surface area contributed by atoms with Crippen molar-refractivity contribution in [3.63, 3.8) is 0 Å². The molecule has 0 fully saturated rings. The van der Waals surface area contributed by atoms with Crippen LogP contribution >= 0.6 is 0 Å². The number of carbonyl (C=O) groups excluding carboxylic acids is 2. The van der Waals surface area contributed by atoms with Gasteiger partial charge in [-0.3, -0.25) is 0 Å². The van der Waals surface area contributed by atoms with E-state index in [1.54, 1.807) is 12.4 Å². The average molecular weight is 680 g/mol. The second-order valence-electron chi connectivity index (χ2n) is 15.3. The smallest absolute Gasteiger partial charge is 0.408 e. The van der Waals surface area contributed by atoms with Gasteiger partial charge >= 0.3 is 12.2 Å². The lowest BCUT2D eigenvalue weighted by Gasteiger charge is -2.24. The molecule has 2 atom stereocenters. The molecule has 0 saturated heterocycles. The Kier molecular flexibility index (Phi) is 10.4. The molecule has 0 bridgehead atoms. The molecule has 5 aromatic rings. The van der Waals surface area contributed by atoms with E-state index in [-0.39, 0.29) is 23.9 Å². The number of hydrogen-bond donors (Lipinski definition) is 4. The van der Waals surface area contributed by atoms with Gasteiger partial charge in [-0.2, -0.15) is 0 Å². The maximum Gasteiger partial charge on any atom is 0.408 e. The topological polar surface area (TPSA) is 147 Å². The van der Waals surface area contributed by atoms with Crippen LogP contribution in [0.2, 0.25) is 0 Å². The van der Waals surface area contributed by atoms with Gasteiger partial charge in [-0.1, -0.05) is 64.1 Å². The highest BCUT2D eigenvalue weighted by Gasteiger charge is 2.26. The zero-order chi connectivity index (χ0) is 36.4. The molecule has 0 aliphatic heterocycles. The summed E-state index contributed by atoms with van der Waals surface area (Å²) in [5.74, 6) is 1.51. The minimum Gasteiger partial charge on any atom is -0.444 e. The molecule has 0 unspecified atom stereocenters. The molecular weight excluding hydrogens is 630 g/mol. The Morgan fingerprint density at radius 1 is 0.640 bits per heavy atom. The minimum absolute atomic E-state index is 0.0841. The van der Waals surface area contributed by atoms with Crippen LogP contribution in [-0.2, 0) is 9.47 Å². The van der Waals surface area contributed by atoms with Crippen molar-refractivity contribution in [2.45, 2.75) is 92.5 Å². The molecule has 3 aromatic heterocycles. The number of carbonyl (C=O) groups is 2. The number of amides is 2. The van der Waals surface area contributed by atoms with Crippen LogP contribution in [0.15, 0.2) is 67.0 Å². The number of hydrogen-bond acceptors (Lipinski definition) is 7. The Morgan fingerprint density at radius 2 is 1.12 bits per heavy atom. The van der Waals surface area contributed by atoms with Gasteiger partial charge in [-0.05, 0) is 88.3 Å². The first-order valence-electron chi connectivity index (χ1n) is 17.1. The number of aromatic amines is 2. The second kappa shape index (κ2) is 14.3. The fourth-order valence-electron chi connectivity index (χ4n) is 5.53. The van der Waals surface area contributed by atoms with Crippen molar-refractivity contribution < 1.29 is 19.1 Å². The zero-order valence-corrected chi connectivity index (χ0v) is 30.6. The van der Waals surface area contributed by atoms with Crippen LogP contribution in [0.5, 0.6) is 0 Å². The lowest BCUT2D eigenvalue weighted by Crippen LogP contribution is -2.37. The number of nitrogens with one attached hydrogen (secondary N) is 4. The van der Waals surface area contributed by atoms with E-state index >= 15 is 0 Å². The van der Waals surface area contributed by atoms with Gasteiger partial charge in [-0.15, -0.1) is 0 Å². The highest BCUT2D eigenvalue weighted by atomic mass is 16.6. The molecule has 0 spiro atoms. The van der Waals surface area contributed by atoms with Gasteiger partial charge in [-0.25, -0.2) is 24.5 Å². The maximum atomic E-state index is 12.5. The molecular formula is C39H49N7O4. The van der Waals surface area contributed by atoms with Crippen molar-refractivity contribution in [1.29, 1.82) is 0 Å². The van der Waals surface area contributed by atoms with Gasteiger partial charge < -0.3 is 30.1 Å². The highest BCUT2D eigenvalue weighted by molar-refractivity contribution is 5.86. The number of ether oxygens (including phenoxy) is 2. The van der Waals surface area contributed by atoms with E-state index in [9.17, 15) is 9.59 Å². The number of imidazole rings is 2. The predicted octanol–water partition coefficient (Wildman–Crippen LogP) is 9.13. The summed E-state index contributed by atoms with van der Waals surface area (Å²) in [4.78, 5) is 45.7. The molecule has 11 nitrogen and oxygen atoms in total. The summed E-state index contributed by atoms with van der Waals surface area (Å²) in [6, 6.07) is 17.8. The first kappa shape index (κ1) is 36.1. The Balaban J connectivity index is 1.29. The SMILES string of the molecule is CC(C)[C@H](NC(=O)OC(C)(C)C)c1ncc(-c2ccc(-c3ccc4nc(-c5cnc([C@@H](NC(=O)OC(C)(C)C)C(C)C)[nH]5)ccc4c3)cc2)[nH]1. The molecule has 0 aliphatic rings. The van der Waals surface area contributed by atoms with Crippen molar-refractivity contribution >= 4 is 23.1 Å². The largest absolute Gasteiger partial charge is 0.444 e. The zero-order valence-electron chi connectivity index (χ0n) is 30.6. The van der Waals surface area contributed by atoms with Gasteiger partial charge in [0.25, 0.3) is 0 Å². The van der Waals surface area contributed by atoms with Gasteiger partial charge in [0.15, 0.2) is 0 Å². The highest BCUT2D eigenvalue weighted by Crippen LogP contribution is 2.30. The van der Waals surface area contributed by atoms with Crippen molar-refractivity contribution in [1.82, 2.24) is 35.6 Å². The van der Waals surface area contributed by atoms with E-state index in [2.05, 4.69) is 73.0 Å². The average Bonchev–Trinajstić information content (AvgIpc) is 3.71. The number of aromatic nitrogens is 5. The van der Waals surface area contributed by atoms with Crippen molar-refractivity contribution in [3.8, 4) is 33.8 Å². The quantitative estimate of drug-likeness (QED) is 0.121. The van der Waals surface area contributed by atoms with Crippen molar-refractivity contribution in [3.05, 3.63) is 78.6 Å². The molecule has 5 rings (SSSR count). The number of H-pyrrole nitrogens is 2. The van der Waals surface area contributed by atoms with E-state index in [0.29, 0.717) is 11.6 Å². The molecule has 11 heteroatoms. The van der Waals surface area contributed by atoms with Crippen molar-refractivity contribution in [2.24, 2.45) is 11.8 Å². The van der Waals surface area contributed by atoms with E-state index < -0.39 is 23.4 Å². The van der Waals surface area contributed by atoms with Gasteiger partial charge in [0, 0.05) is 5.39 Å². The first-order valence-corrected chi connectivity index (χ1v) is 17.1. The number of benzene rings is 2. The van der Waals surface area contributed by atoms with E-state index in [4.69, 9.17) is 14.5 Å².